The Hall–Kier alpha value is -1.97. The molecule has 3 nitrogen and oxygen atoms in total. The van der Waals surface area contributed by atoms with Gasteiger partial charge in [-0.2, -0.15) is 0 Å². The van der Waals surface area contributed by atoms with Gasteiger partial charge in [0.15, 0.2) is 5.78 Å². The highest BCUT2D eigenvalue weighted by Crippen LogP contribution is 2.38. The Kier molecular flexibility index (Phi) is 18.1. The molecule has 0 radical (unpaired) electrons. The van der Waals surface area contributed by atoms with Crippen LogP contribution in [0.3, 0.4) is 0 Å². The van der Waals surface area contributed by atoms with E-state index in [-0.39, 0.29) is 17.4 Å². The molecule has 210 valence electrons. The summed E-state index contributed by atoms with van der Waals surface area (Å²) in [6.45, 7) is 22.2. The lowest BCUT2D eigenvalue weighted by atomic mass is 9.84. The Labute approximate surface area is 230 Å². The molecule has 1 aliphatic rings. The van der Waals surface area contributed by atoms with Crippen LogP contribution < -0.4 is 0 Å². The molecule has 1 saturated heterocycles. The predicted molar refractivity (Wildman–Crippen MR) is 162 cm³/mol. The van der Waals surface area contributed by atoms with Gasteiger partial charge in [0.2, 0.25) is 0 Å². The van der Waals surface area contributed by atoms with E-state index in [0.29, 0.717) is 19.1 Å². The molecule has 0 bridgehead atoms. The van der Waals surface area contributed by atoms with Crippen LogP contribution in [0.4, 0.5) is 0 Å². The van der Waals surface area contributed by atoms with Gasteiger partial charge in [0.1, 0.15) is 0 Å². The van der Waals surface area contributed by atoms with E-state index in [1.165, 1.54) is 41.5 Å². The Morgan fingerprint density at radius 1 is 0.892 bits per heavy atom. The first-order chi connectivity index (χ1) is 17.7. The molecule has 0 spiro atoms. The molecule has 2 aromatic carbocycles. The summed E-state index contributed by atoms with van der Waals surface area (Å²) in [5, 5.41) is 0. The zero-order chi connectivity index (χ0) is 28.4. The quantitative estimate of drug-likeness (QED) is 0.353. The molecular formula is C34H57NO2. The molecule has 1 aliphatic heterocycles. The van der Waals surface area contributed by atoms with Gasteiger partial charge in [-0.25, -0.2) is 0 Å². The van der Waals surface area contributed by atoms with Gasteiger partial charge in [0.05, 0.1) is 13.3 Å². The van der Waals surface area contributed by atoms with Crippen molar-refractivity contribution in [1.82, 2.24) is 4.90 Å². The Balaban J connectivity index is 0.00000127. The molecule has 3 rings (SSSR count). The number of nitrogens with zero attached hydrogens (tertiary/aromatic N) is 1. The van der Waals surface area contributed by atoms with Crippen molar-refractivity contribution < 1.29 is 9.53 Å². The van der Waals surface area contributed by atoms with Crippen LogP contribution in [-0.4, -0.2) is 31.1 Å². The van der Waals surface area contributed by atoms with E-state index in [9.17, 15) is 4.79 Å². The van der Waals surface area contributed by atoms with Crippen molar-refractivity contribution in [3.05, 3.63) is 70.8 Å². The summed E-state index contributed by atoms with van der Waals surface area (Å²) >= 11 is 0. The number of carbonyl (C=O) groups excluding carboxylic acids is 1. The normalized spacial score (nSPS) is 17.1. The van der Waals surface area contributed by atoms with Crippen LogP contribution in [0.1, 0.15) is 116 Å². The van der Waals surface area contributed by atoms with E-state index in [1.54, 1.807) is 7.11 Å². The van der Waals surface area contributed by atoms with Gasteiger partial charge in [-0.15, -0.1) is 0 Å². The fourth-order valence-electron chi connectivity index (χ4n) is 4.51. The van der Waals surface area contributed by atoms with Crippen molar-refractivity contribution >= 4 is 5.78 Å². The first-order valence-electron chi connectivity index (χ1n) is 14.6. The van der Waals surface area contributed by atoms with Gasteiger partial charge in [-0.1, -0.05) is 136 Å². The molecule has 0 N–H and O–H groups in total. The lowest BCUT2D eigenvalue weighted by Gasteiger charge is -2.28. The van der Waals surface area contributed by atoms with Crippen molar-refractivity contribution in [2.24, 2.45) is 5.92 Å². The number of unbranched alkanes of at least 4 members (excludes halogenated alkanes) is 2. The van der Waals surface area contributed by atoms with Crippen molar-refractivity contribution in [3.8, 4) is 0 Å². The fraction of sp³-hybridized carbons (Fsp3) is 0.618. The van der Waals surface area contributed by atoms with Crippen LogP contribution >= 0.6 is 0 Å². The Morgan fingerprint density at radius 3 is 1.86 bits per heavy atom. The molecule has 1 fully saturated rings. The summed E-state index contributed by atoms with van der Waals surface area (Å²) in [7, 11) is 1.70. The number of carbonyl (C=O) groups is 1. The number of Topliss-reactive ketones (excluding diaryl/α,β-unsaturated/α-hetero) is 1. The highest BCUT2D eigenvalue weighted by atomic mass is 16.5. The molecule has 2 atom stereocenters. The topological polar surface area (TPSA) is 29.5 Å². The number of rotatable bonds is 8. The molecular weight excluding hydrogens is 454 g/mol. The standard InChI is InChI=1S/C25H33NO2.C5H12.2C2H6/c1-18-6-8-19(9-7-18)10-15-22-23(27)16-26(17-28-5)24(22)20-11-13-21(14-12-20)25(2,3)4;1-3-5-4-2;2*1-2/h6-9,11-14,22,24H,10,15-17H2,1-5H3;3-5H2,1-2H3;2*1-2H3. The van der Waals surface area contributed by atoms with E-state index in [1.807, 2.05) is 27.7 Å². The lowest BCUT2D eigenvalue weighted by molar-refractivity contribution is -0.120. The Bertz CT molecular complexity index is 832. The molecule has 37 heavy (non-hydrogen) atoms. The number of likely N-dealkylation sites (tertiary alicyclic amines) is 1. The van der Waals surface area contributed by atoms with Crippen molar-refractivity contribution in [2.45, 2.75) is 113 Å². The summed E-state index contributed by atoms with van der Waals surface area (Å²) in [4.78, 5) is 15.0. The summed E-state index contributed by atoms with van der Waals surface area (Å²) in [6, 6.07) is 17.5. The van der Waals surface area contributed by atoms with Crippen molar-refractivity contribution in [1.29, 1.82) is 0 Å². The minimum Gasteiger partial charge on any atom is -0.369 e. The number of aryl methyl sites for hydroxylation is 2. The van der Waals surface area contributed by atoms with Crippen LogP contribution in [0, 0.1) is 12.8 Å². The second kappa shape index (κ2) is 19.2. The summed E-state index contributed by atoms with van der Waals surface area (Å²) in [5.74, 6) is 0.339. The molecule has 2 unspecified atom stereocenters. The van der Waals surface area contributed by atoms with E-state index in [4.69, 9.17) is 4.74 Å². The molecule has 0 amide bonds. The van der Waals surface area contributed by atoms with Crippen molar-refractivity contribution in [3.63, 3.8) is 0 Å². The second-order valence-corrected chi connectivity index (χ2v) is 10.4. The summed E-state index contributed by atoms with van der Waals surface area (Å²) < 4.78 is 5.40. The number of benzene rings is 2. The first kappa shape index (κ1) is 35.0. The van der Waals surface area contributed by atoms with Crippen LogP contribution in [0.15, 0.2) is 48.5 Å². The van der Waals surface area contributed by atoms with Crippen molar-refractivity contribution in [2.75, 3.05) is 20.4 Å². The third-order valence-corrected chi connectivity index (χ3v) is 6.53. The number of ether oxygens (including phenoxy) is 1. The van der Waals surface area contributed by atoms with Crippen LogP contribution in [0.5, 0.6) is 0 Å². The maximum atomic E-state index is 12.8. The highest BCUT2D eigenvalue weighted by Gasteiger charge is 2.41. The molecule has 2 aromatic rings. The minimum absolute atomic E-state index is 0.0111. The summed E-state index contributed by atoms with van der Waals surface area (Å²) in [5.41, 5.74) is 5.22. The average Bonchev–Trinajstić information content (AvgIpc) is 3.21. The van der Waals surface area contributed by atoms with Crippen LogP contribution in [0.2, 0.25) is 0 Å². The number of methoxy groups -OCH3 is 1. The number of ketones is 1. The average molecular weight is 512 g/mol. The van der Waals surface area contributed by atoms with E-state index >= 15 is 0 Å². The molecule has 0 aromatic heterocycles. The monoisotopic (exact) mass is 511 g/mol. The zero-order valence-corrected chi connectivity index (χ0v) is 26.0. The highest BCUT2D eigenvalue weighted by molar-refractivity contribution is 5.86. The molecule has 3 heteroatoms. The Morgan fingerprint density at radius 2 is 1.43 bits per heavy atom. The van der Waals surface area contributed by atoms with Gasteiger partial charge >= 0.3 is 0 Å². The minimum atomic E-state index is 0.0111. The maximum Gasteiger partial charge on any atom is 0.151 e. The second-order valence-electron chi connectivity index (χ2n) is 10.4. The van der Waals surface area contributed by atoms with Gasteiger partial charge < -0.3 is 4.74 Å². The molecule has 0 saturated carbocycles. The van der Waals surface area contributed by atoms with Crippen LogP contribution in [0.25, 0.3) is 0 Å². The third-order valence-electron chi connectivity index (χ3n) is 6.53. The van der Waals surface area contributed by atoms with E-state index < -0.39 is 0 Å². The smallest absolute Gasteiger partial charge is 0.151 e. The van der Waals surface area contributed by atoms with E-state index in [0.717, 1.165) is 12.8 Å². The van der Waals surface area contributed by atoms with Gasteiger partial charge in [-0.05, 0) is 41.9 Å². The van der Waals surface area contributed by atoms with Gasteiger partial charge in [-0.3, -0.25) is 9.69 Å². The summed E-state index contributed by atoms with van der Waals surface area (Å²) in [6.07, 6.45) is 5.87. The van der Waals surface area contributed by atoms with E-state index in [2.05, 4.69) is 95.0 Å². The lowest BCUT2D eigenvalue weighted by Crippen LogP contribution is -2.28. The number of hydrogen-bond acceptors (Lipinski definition) is 3. The third kappa shape index (κ3) is 12.0. The van der Waals surface area contributed by atoms with Gasteiger partial charge in [0, 0.05) is 19.1 Å². The zero-order valence-electron chi connectivity index (χ0n) is 26.0. The number of hydrogen-bond donors (Lipinski definition) is 0. The maximum absolute atomic E-state index is 12.8. The molecule has 1 heterocycles. The van der Waals surface area contributed by atoms with Crippen LogP contribution in [-0.2, 0) is 21.4 Å². The predicted octanol–water partition coefficient (Wildman–Crippen LogP) is 9.32. The van der Waals surface area contributed by atoms with Gasteiger partial charge in [0.25, 0.3) is 0 Å². The SMILES string of the molecule is CC.CC.CCCCC.COCN1CC(=O)C(CCc2ccc(C)cc2)C1c1ccc(C(C)(C)C)cc1. The molecule has 0 aliphatic carbocycles. The largest absolute Gasteiger partial charge is 0.369 e. The first-order valence-corrected chi connectivity index (χ1v) is 14.6. The fourth-order valence-corrected chi connectivity index (χ4v) is 4.51.